The van der Waals surface area contributed by atoms with E-state index in [1.807, 2.05) is 5.41 Å². The van der Waals surface area contributed by atoms with Gasteiger partial charge in [-0.2, -0.15) is 4.41 Å². The Morgan fingerprint density at radius 1 is 1.88 bits per heavy atom. The summed E-state index contributed by atoms with van der Waals surface area (Å²) in [5, 5.41) is 2.21. The maximum atomic E-state index is 5.23. The summed E-state index contributed by atoms with van der Waals surface area (Å²) < 4.78 is 1.59. The molecular weight excluding hydrogens is 142 g/mol. The second-order valence-corrected chi connectivity index (χ2v) is 2.44. The third-order valence-electron chi connectivity index (χ3n) is 0.626. The Labute approximate surface area is 57.0 Å². The number of nitrogens with zero attached hydrogens (tertiary/aromatic N) is 1. The third-order valence-corrected chi connectivity index (χ3v) is 1.70. The fourth-order valence-corrected chi connectivity index (χ4v) is 0.986. The van der Waals surface area contributed by atoms with E-state index in [9.17, 15) is 0 Å². The molecule has 1 aliphatic heterocycles. The highest BCUT2D eigenvalue weighted by Crippen LogP contribution is 2.11. The molecule has 44 valence electrons. The molecule has 0 unspecified atom stereocenters. The fraction of sp³-hybridized carbons (Fsp3) is 0. The Hall–Kier alpha value is -0.420. The first-order valence-electron chi connectivity index (χ1n) is 1.98. The van der Waals surface area contributed by atoms with Crippen LogP contribution in [0.25, 0.3) is 0 Å². The van der Waals surface area contributed by atoms with E-state index in [4.69, 9.17) is 5.73 Å². The van der Waals surface area contributed by atoms with Crippen molar-refractivity contribution in [2.24, 2.45) is 5.73 Å². The van der Waals surface area contributed by atoms with E-state index in [1.54, 1.807) is 10.6 Å². The molecule has 1 rings (SSSR count). The average molecular weight is 147 g/mol. The van der Waals surface area contributed by atoms with Gasteiger partial charge in [0.05, 0.1) is 0 Å². The highest BCUT2D eigenvalue weighted by Gasteiger charge is 2.05. The molecule has 0 saturated heterocycles. The molecule has 0 spiro atoms. The Balaban J connectivity index is 2.41. The minimum absolute atomic E-state index is 0.347. The van der Waals surface area contributed by atoms with Crippen molar-refractivity contribution >= 4 is 29.3 Å². The highest BCUT2D eigenvalue weighted by molar-refractivity contribution is 8.01. The molecule has 3 N–H and O–H groups in total. The van der Waals surface area contributed by atoms with Crippen LogP contribution in [0.15, 0.2) is 11.6 Å². The zero-order valence-corrected chi connectivity index (χ0v) is 5.63. The van der Waals surface area contributed by atoms with Crippen molar-refractivity contribution in [2.45, 2.75) is 0 Å². The van der Waals surface area contributed by atoms with Gasteiger partial charge in [-0.15, -0.1) is 0 Å². The Bertz CT molecular complexity index is 124. The topological polar surface area (TPSA) is 41.3 Å². The van der Waals surface area contributed by atoms with Gasteiger partial charge in [-0.25, -0.2) is 0 Å². The molecule has 0 atom stereocenters. The van der Waals surface area contributed by atoms with Crippen molar-refractivity contribution in [1.29, 1.82) is 0 Å². The molecule has 0 saturated carbocycles. The molecule has 5 heteroatoms. The molecule has 0 bridgehead atoms. The summed E-state index contributed by atoms with van der Waals surface area (Å²) in [6.07, 6.45) is 1.77. The lowest BCUT2D eigenvalue weighted by Gasteiger charge is -2.11. The molecule has 1 heterocycles. The molecular formula is C3H5N3S2. The largest absolute Gasteiger partial charge is 0.374 e. The van der Waals surface area contributed by atoms with Crippen LogP contribution in [0.2, 0.25) is 0 Å². The van der Waals surface area contributed by atoms with Crippen LogP contribution >= 0.6 is 24.2 Å². The molecule has 0 fully saturated rings. The van der Waals surface area contributed by atoms with Crippen molar-refractivity contribution in [2.75, 3.05) is 0 Å². The fourth-order valence-electron chi connectivity index (χ4n) is 0.335. The molecule has 0 radical (unpaired) electrons. The van der Waals surface area contributed by atoms with E-state index >= 15 is 0 Å². The van der Waals surface area contributed by atoms with E-state index in [0.29, 0.717) is 5.11 Å². The minimum atomic E-state index is 0.347. The second-order valence-electron chi connectivity index (χ2n) is 1.17. The number of nitrogens with one attached hydrogen (secondary N) is 1. The third kappa shape index (κ3) is 1.05. The minimum Gasteiger partial charge on any atom is -0.374 e. The quantitative estimate of drug-likeness (QED) is 0.377. The van der Waals surface area contributed by atoms with Gasteiger partial charge < -0.3 is 5.73 Å². The molecule has 3 nitrogen and oxygen atoms in total. The number of rotatable bonds is 0. The van der Waals surface area contributed by atoms with E-state index in [2.05, 4.69) is 17.6 Å². The summed E-state index contributed by atoms with van der Waals surface area (Å²) >= 11 is 6.06. The maximum Gasteiger partial charge on any atom is 0.196 e. The number of nitrogens with two attached hydrogens (primary N) is 1. The van der Waals surface area contributed by atoms with Gasteiger partial charge in [0.25, 0.3) is 0 Å². The monoisotopic (exact) mass is 147 g/mol. The molecule has 0 aromatic rings. The van der Waals surface area contributed by atoms with Crippen LogP contribution in [0.1, 0.15) is 0 Å². The SMILES string of the molecule is NC(=S)N1NC=CS1. The first kappa shape index (κ1) is 5.71. The van der Waals surface area contributed by atoms with Crippen LogP contribution < -0.4 is 11.2 Å². The first-order chi connectivity index (χ1) is 3.80. The van der Waals surface area contributed by atoms with Gasteiger partial charge in [0.1, 0.15) is 0 Å². The van der Waals surface area contributed by atoms with E-state index in [-0.39, 0.29) is 0 Å². The van der Waals surface area contributed by atoms with Gasteiger partial charge in [-0.1, -0.05) is 0 Å². The smallest absolute Gasteiger partial charge is 0.196 e. The molecule has 8 heavy (non-hydrogen) atoms. The number of hydrazine groups is 1. The summed E-state index contributed by atoms with van der Waals surface area (Å²) in [5.41, 5.74) is 8.04. The second kappa shape index (κ2) is 2.23. The Morgan fingerprint density at radius 3 is 2.88 bits per heavy atom. The van der Waals surface area contributed by atoms with Crippen LogP contribution in [-0.4, -0.2) is 9.53 Å². The predicted molar refractivity (Wildman–Crippen MR) is 38.5 cm³/mol. The van der Waals surface area contributed by atoms with Crippen LogP contribution in [0.3, 0.4) is 0 Å². The van der Waals surface area contributed by atoms with Gasteiger partial charge in [-0.3, -0.25) is 5.43 Å². The lowest BCUT2D eigenvalue weighted by molar-refractivity contribution is 0.608. The van der Waals surface area contributed by atoms with Crippen molar-refractivity contribution in [3.05, 3.63) is 11.6 Å². The van der Waals surface area contributed by atoms with Crippen molar-refractivity contribution in [3.8, 4) is 0 Å². The standard InChI is InChI=1S/C3H5N3S2/c4-3(7)6-5-1-2-8-6/h1-2,5H,(H2,4,7). The van der Waals surface area contributed by atoms with Gasteiger partial charge in [-0.05, 0) is 12.2 Å². The summed E-state index contributed by atoms with van der Waals surface area (Å²) in [7, 11) is 0. The van der Waals surface area contributed by atoms with Gasteiger partial charge >= 0.3 is 0 Å². The van der Waals surface area contributed by atoms with E-state index in [0.717, 1.165) is 0 Å². The Kier molecular flexibility index (Phi) is 1.59. The van der Waals surface area contributed by atoms with Crippen molar-refractivity contribution in [1.82, 2.24) is 9.84 Å². The lowest BCUT2D eigenvalue weighted by atomic mass is 11.0. The zero-order chi connectivity index (χ0) is 5.98. The first-order valence-corrected chi connectivity index (χ1v) is 3.23. The van der Waals surface area contributed by atoms with Gasteiger partial charge in [0.2, 0.25) is 0 Å². The zero-order valence-electron chi connectivity index (χ0n) is 4.00. The molecule has 0 amide bonds. The van der Waals surface area contributed by atoms with Gasteiger partial charge in [0.15, 0.2) is 5.11 Å². The maximum absolute atomic E-state index is 5.23. The number of hydrogen-bond donors (Lipinski definition) is 2. The van der Waals surface area contributed by atoms with Crippen LogP contribution in [0.5, 0.6) is 0 Å². The van der Waals surface area contributed by atoms with Crippen molar-refractivity contribution < 1.29 is 0 Å². The van der Waals surface area contributed by atoms with Gasteiger partial charge in [0, 0.05) is 23.6 Å². The predicted octanol–water partition coefficient (Wildman–Crippen LogP) is 0.170. The highest BCUT2D eigenvalue weighted by atomic mass is 32.2. The summed E-state index contributed by atoms with van der Waals surface area (Å²) in [4.78, 5) is 0. The summed E-state index contributed by atoms with van der Waals surface area (Å²) in [6, 6.07) is 0. The lowest BCUT2D eigenvalue weighted by Crippen LogP contribution is -2.34. The molecule has 0 aromatic heterocycles. The van der Waals surface area contributed by atoms with Crippen LogP contribution in [0, 0.1) is 0 Å². The molecule has 0 aliphatic carbocycles. The molecule has 1 aliphatic rings. The van der Waals surface area contributed by atoms with Crippen LogP contribution in [0.4, 0.5) is 0 Å². The van der Waals surface area contributed by atoms with E-state index < -0.39 is 0 Å². The van der Waals surface area contributed by atoms with Crippen LogP contribution in [-0.2, 0) is 0 Å². The van der Waals surface area contributed by atoms with E-state index in [1.165, 1.54) is 11.9 Å². The Morgan fingerprint density at radius 2 is 2.62 bits per heavy atom. The summed E-state index contributed by atoms with van der Waals surface area (Å²) in [5.74, 6) is 0. The summed E-state index contributed by atoms with van der Waals surface area (Å²) in [6.45, 7) is 0. The normalized spacial score (nSPS) is 16.2. The number of thiocarbonyl (C=S) groups is 1. The number of hydrogen-bond acceptors (Lipinski definition) is 3. The average Bonchev–Trinajstić information content (AvgIpc) is 2.12. The molecule has 0 aromatic carbocycles. The van der Waals surface area contributed by atoms with Crippen molar-refractivity contribution in [3.63, 3.8) is 0 Å².